The van der Waals surface area contributed by atoms with Crippen molar-refractivity contribution in [3.05, 3.63) is 34.9 Å². The van der Waals surface area contributed by atoms with Crippen LogP contribution in [0.1, 0.15) is 24.4 Å². The molecule has 0 radical (unpaired) electrons. The van der Waals surface area contributed by atoms with E-state index in [0.29, 0.717) is 6.54 Å². The van der Waals surface area contributed by atoms with Crippen LogP contribution >= 0.6 is 11.6 Å². The van der Waals surface area contributed by atoms with Crippen molar-refractivity contribution in [3.8, 4) is 0 Å². The van der Waals surface area contributed by atoms with Crippen molar-refractivity contribution < 1.29 is 4.74 Å². The molecule has 0 heterocycles. The van der Waals surface area contributed by atoms with Gasteiger partial charge in [0, 0.05) is 30.8 Å². The third-order valence-electron chi connectivity index (χ3n) is 3.66. The van der Waals surface area contributed by atoms with Gasteiger partial charge in [-0.15, -0.1) is 0 Å². The topological polar surface area (TPSA) is 38.5 Å². The zero-order valence-electron chi connectivity index (χ0n) is 11.5. The molecule has 0 saturated heterocycles. The maximum atomic E-state index is 6.24. The average Bonchev–Trinajstić information content (AvgIpc) is 3.22. The highest BCUT2D eigenvalue weighted by Crippen LogP contribution is 2.29. The Morgan fingerprint density at radius 3 is 2.79 bits per heavy atom. The lowest BCUT2D eigenvalue weighted by Crippen LogP contribution is -2.33. The summed E-state index contributed by atoms with van der Waals surface area (Å²) in [5, 5.41) is 0.781. The summed E-state index contributed by atoms with van der Waals surface area (Å²) in [6.45, 7) is 3.10. The number of likely N-dealkylation sites (N-methyl/N-ethyl adjacent to an activating group) is 1. The molecule has 4 heteroatoms. The van der Waals surface area contributed by atoms with Crippen molar-refractivity contribution in [3.63, 3.8) is 0 Å². The van der Waals surface area contributed by atoms with Crippen molar-refractivity contribution in [1.82, 2.24) is 4.90 Å². The lowest BCUT2D eigenvalue weighted by atomic mass is 10.1. The van der Waals surface area contributed by atoms with Crippen molar-refractivity contribution in [2.24, 2.45) is 11.7 Å². The third kappa shape index (κ3) is 4.46. The zero-order chi connectivity index (χ0) is 13.7. The molecule has 1 aliphatic rings. The molecule has 1 aromatic rings. The third-order valence-corrected chi connectivity index (χ3v) is 4.00. The minimum atomic E-state index is 0.151. The summed E-state index contributed by atoms with van der Waals surface area (Å²) < 4.78 is 5.67. The molecule has 0 aliphatic heterocycles. The normalized spacial score (nSPS) is 16.8. The number of hydrogen-bond acceptors (Lipinski definition) is 3. The molecule has 0 spiro atoms. The fourth-order valence-corrected chi connectivity index (χ4v) is 2.45. The van der Waals surface area contributed by atoms with Gasteiger partial charge < -0.3 is 10.5 Å². The van der Waals surface area contributed by atoms with Gasteiger partial charge in [-0.05, 0) is 37.4 Å². The lowest BCUT2D eigenvalue weighted by molar-refractivity contribution is 0.0923. The summed E-state index contributed by atoms with van der Waals surface area (Å²) in [6.07, 6.45) is 2.67. The highest BCUT2D eigenvalue weighted by Gasteiger charge is 2.21. The Hall–Kier alpha value is -0.610. The first-order chi connectivity index (χ1) is 9.22. The minimum Gasteiger partial charge on any atom is -0.380 e. The van der Waals surface area contributed by atoms with Crippen LogP contribution in [0.3, 0.4) is 0 Å². The molecule has 106 valence electrons. The first-order valence-corrected chi connectivity index (χ1v) is 7.32. The van der Waals surface area contributed by atoms with Gasteiger partial charge in [-0.2, -0.15) is 0 Å². The van der Waals surface area contributed by atoms with E-state index in [1.165, 1.54) is 12.8 Å². The van der Waals surface area contributed by atoms with E-state index in [0.717, 1.165) is 36.3 Å². The van der Waals surface area contributed by atoms with Crippen LogP contribution in [0.2, 0.25) is 5.02 Å². The number of halogens is 1. The number of benzene rings is 1. The molecule has 2 N–H and O–H groups in total. The van der Waals surface area contributed by atoms with Crippen LogP contribution in [0.25, 0.3) is 0 Å². The van der Waals surface area contributed by atoms with Gasteiger partial charge in [-0.1, -0.05) is 29.8 Å². The molecule has 1 aromatic carbocycles. The molecule has 2 rings (SSSR count). The SMILES string of the molecule is CN(CCOCC1CC1)C(CN)c1ccccc1Cl. The van der Waals surface area contributed by atoms with E-state index in [9.17, 15) is 0 Å². The van der Waals surface area contributed by atoms with E-state index in [4.69, 9.17) is 22.1 Å². The predicted molar refractivity (Wildman–Crippen MR) is 79.4 cm³/mol. The quantitative estimate of drug-likeness (QED) is 0.745. The maximum absolute atomic E-state index is 6.24. The van der Waals surface area contributed by atoms with Crippen LogP contribution < -0.4 is 5.73 Å². The van der Waals surface area contributed by atoms with Gasteiger partial charge in [0.2, 0.25) is 0 Å². The second-order valence-corrected chi connectivity index (χ2v) is 5.68. The summed E-state index contributed by atoms with van der Waals surface area (Å²) in [6, 6.07) is 8.05. The summed E-state index contributed by atoms with van der Waals surface area (Å²) >= 11 is 6.24. The van der Waals surface area contributed by atoms with E-state index in [2.05, 4.69) is 11.9 Å². The number of nitrogens with two attached hydrogens (primary N) is 1. The summed E-state index contributed by atoms with van der Waals surface area (Å²) in [5.74, 6) is 0.819. The van der Waals surface area contributed by atoms with Crippen LogP contribution in [0.4, 0.5) is 0 Å². The Bertz CT molecular complexity index is 395. The van der Waals surface area contributed by atoms with Crippen LogP contribution in [0.15, 0.2) is 24.3 Å². The fourth-order valence-electron chi connectivity index (χ4n) is 2.19. The predicted octanol–water partition coefficient (Wildman–Crippen LogP) is 2.70. The smallest absolute Gasteiger partial charge is 0.0593 e. The van der Waals surface area contributed by atoms with E-state index < -0.39 is 0 Å². The number of nitrogens with zero attached hydrogens (tertiary/aromatic N) is 1. The van der Waals surface area contributed by atoms with Crippen LogP contribution in [0.5, 0.6) is 0 Å². The average molecular weight is 283 g/mol. The molecule has 0 aromatic heterocycles. The van der Waals surface area contributed by atoms with Gasteiger partial charge >= 0.3 is 0 Å². The van der Waals surface area contributed by atoms with E-state index in [1.54, 1.807) is 0 Å². The summed E-state index contributed by atoms with van der Waals surface area (Å²) in [4.78, 5) is 2.22. The Kier molecular flexibility index (Phi) is 5.64. The molecule has 0 bridgehead atoms. The first-order valence-electron chi connectivity index (χ1n) is 6.95. The van der Waals surface area contributed by atoms with Gasteiger partial charge in [-0.3, -0.25) is 4.90 Å². The highest BCUT2D eigenvalue weighted by molar-refractivity contribution is 6.31. The molecule has 1 fully saturated rings. The molecule has 19 heavy (non-hydrogen) atoms. The first kappa shape index (κ1) is 14.8. The Morgan fingerprint density at radius 1 is 1.42 bits per heavy atom. The van der Waals surface area contributed by atoms with Crippen molar-refractivity contribution >= 4 is 11.6 Å². The van der Waals surface area contributed by atoms with Gasteiger partial charge in [0.15, 0.2) is 0 Å². The Labute approximate surface area is 120 Å². The summed E-state index contributed by atoms with van der Waals surface area (Å²) in [7, 11) is 2.07. The molecule has 1 saturated carbocycles. The van der Waals surface area contributed by atoms with Crippen molar-refractivity contribution in [1.29, 1.82) is 0 Å². The second kappa shape index (κ2) is 7.25. The van der Waals surface area contributed by atoms with Gasteiger partial charge in [0.1, 0.15) is 0 Å². The second-order valence-electron chi connectivity index (χ2n) is 5.27. The van der Waals surface area contributed by atoms with Gasteiger partial charge in [-0.25, -0.2) is 0 Å². The van der Waals surface area contributed by atoms with Crippen LogP contribution in [-0.2, 0) is 4.74 Å². The monoisotopic (exact) mass is 282 g/mol. The van der Waals surface area contributed by atoms with Gasteiger partial charge in [0.25, 0.3) is 0 Å². The highest BCUT2D eigenvalue weighted by atomic mass is 35.5. The lowest BCUT2D eigenvalue weighted by Gasteiger charge is -2.28. The zero-order valence-corrected chi connectivity index (χ0v) is 12.3. The number of ether oxygens (including phenoxy) is 1. The van der Waals surface area contributed by atoms with Crippen LogP contribution in [-0.4, -0.2) is 38.3 Å². The molecule has 0 amide bonds. The minimum absolute atomic E-state index is 0.151. The standard InChI is InChI=1S/C15H23ClN2O/c1-18(8-9-19-11-12-6-7-12)15(10-17)13-4-2-3-5-14(13)16/h2-5,12,15H,6-11,17H2,1H3. The van der Waals surface area contributed by atoms with Crippen molar-refractivity contribution in [2.45, 2.75) is 18.9 Å². The molecular formula is C15H23ClN2O. The van der Waals surface area contributed by atoms with Crippen molar-refractivity contribution in [2.75, 3.05) is 33.4 Å². The molecule has 1 aliphatic carbocycles. The number of hydrogen-bond donors (Lipinski definition) is 1. The van der Waals surface area contributed by atoms with Gasteiger partial charge in [0.05, 0.1) is 6.61 Å². The van der Waals surface area contributed by atoms with E-state index in [1.807, 2.05) is 24.3 Å². The van der Waals surface area contributed by atoms with E-state index in [-0.39, 0.29) is 6.04 Å². The number of rotatable bonds is 8. The molecule has 3 nitrogen and oxygen atoms in total. The molecular weight excluding hydrogens is 260 g/mol. The molecule has 1 atom stereocenters. The largest absolute Gasteiger partial charge is 0.380 e. The summed E-state index contributed by atoms with van der Waals surface area (Å²) in [5.41, 5.74) is 6.99. The van der Waals surface area contributed by atoms with E-state index >= 15 is 0 Å². The maximum Gasteiger partial charge on any atom is 0.0593 e. The molecule has 1 unspecified atom stereocenters. The van der Waals surface area contributed by atoms with Crippen LogP contribution in [0, 0.1) is 5.92 Å². The Morgan fingerprint density at radius 2 is 2.16 bits per heavy atom. The fraction of sp³-hybridized carbons (Fsp3) is 0.600. The Balaban J connectivity index is 1.83.